The van der Waals surface area contributed by atoms with E-state index in [9.17, 15) is 14.3 Å². The standard InChI is InChI=1S/C25H28FN7O2/c1-15-10-33-12-17(9-20(26)23(33)28-15)29-24(34)18-3-4-21(19-13-31(2)30-22(18)19)32-8-5-16(11-32)27-14-25(35)6-7-25/h3-4,9-10,12-13,16,27,35H,5-8,11,14H2,1-2H3,(H,29,34)/t16-/m1/s1. The molecule has 1 atom stereocenters. The molecule has 9 nitrogen and oxygen atoms in total. The number of hydrogen-bond acceptors (Lipinski definition) is 6. The van der Waals surface area contributed by atoms with Crippen LogP contribution in [-0.4, -0.2) is 61.5 Å². The van der Waals surface area contributed by atoms with Gasteiger partial charge < -0.3 is 25.0 Å². The first-order valence-electron chi connectivity index (χ1n) is 11.9. The van der Waals surface area contributed by atoms with Crippen molar-refractivity contribution in [1.82, 2.24) is 24.5 Å². The van der Waals surface area contributed by atoms with E-state index in [0.717, 1.165) is 43.4 Å². The zero-order chi connectivity index (χ0) is 24.3. The van der Waals surface area contributed by atoms with Gasteiger partial charge in [-0.1, -0.05) is 0 Å². The number of amides is 1. The average Bonchev–Trinajstić information content (AvgIpc) is 3.16. The molecule has 0 radical (unpaired) electrons. The fourth-order valence-electron chi connectivity index (χ4n) is 4.91. The van der Waals surface area contributed by atoms with E-state index in [-0.39, 0.29) is 11.6 Å². The van der Waals surface area contributed by atoms with Gasteiger partial charge in [-0.15, -0.1) is 0 Å². The van der Waals surface area contributed by atoms with Gasteiger partial charge >= 0.3 is 0 Å². The lowest BCUT2D eigenvalue weighted by Gasteiger charge is -2.21. The highest BCUT2D eigenvalue weighted by atomic mass is 19.1. The molecule has 1 amide bonds. The van der Waals surface area contributed by atoms with Crippen molar-refractivity contribution >= 4 is 33.8 Å². The zero-order valence-corrected chi connectivity index (χ0v) is 19.8. The van der Waals surface area contributed by atoms with Gasteiger partial charge in [0.05, 0.1) is 22.5 Å². The maximum absolute atomic E-state index is 14.5. The third-order valence-electron chi connectivity index (χ3n) is 6.97. The molecule has 0 unspecified atom stereocenters. The topological polar surface area (TPSA) is 99.7 Å². The predicted molar refractivity (Wildman–Crippen MR) is 131 cm³/mol. The van der Waals surface area contributed by atoms with Gasteiger partial charge in [-0.2, -0.15) is 5.10 Å². The van der Waals surface area contributed by atoms with Crippen molar-refractivity contribution in [3.05, 3.63) is 53.9 Å². The van der Waals surface area contributed by atoms with E-state index in [1.165, 1.54) is 6.07 Å². The molecule has 3 aromatic heterocycles. The zero-order valence-electron chi connectivity index (χ0n) is 19.8. The van der Waals surface area contributed by atoms with Crippen LogP contribution in [0.25, 0.3) is 16.6 Å². The Hall–Kier alpha value is -3.50. The number of aryl methyl sites for hydroxylation is 2. The van der Waals surface area contributed by atoms with Crippen molar-refractivity contribution in [3.8, 4) is 0 Å². The van der Waals surface area contributed by atoms with Gasteiger partial charge in [0.15, 0.2) is 11.5 Å². The van der Waals surface area contributed by atoms with Crippen LogP contribution < -0.4 is 15.5 Å². The number of nitrogens with zero attached hydrogens (tertiary/aromatic N) is 5. The van der Waals surface area contributed by atoms with Gasteiger partial charge in [0, 0.05) is 68.5 Å². The van der Waals surface area contributed by atoms with Crippen LogP contribution in [0.2, 0.25) is 0 Å². The molecule has 3 N–H and O–H groups in total. The number of pyridine rings is 1. The van der Waals surface area contributed by atoms with Gasteiger partial charge in [0.25, 0.3) is 5.91 Å². The number of nitrogens with one attached hydrogen (secondary N) is 2. The van der Waals surface area contributed by atoms with E-state index in [2.05, 4.69) is 25.6 Å². The van der Waals surface area contributed by atoms with Crippen molar-refractivity contribution in [2.45, 2.75) is 37.8 Å². The predicted octanol–water partition coefficient (Wildman–Crippen LogP) is 2.61. The molecule has 35 heavy (non-hydrogen) atoms. The number of benzene rings is 1. The number of anilines is 2. The SMILES string of the molecule is Cc1cn2cc(NC(=O)c3ccc(N4CC[C@@H](NCC5(O)CC5)C4)c4cn(C)nc34)cc(F)c2n1. The van der Waals surface area contributed by atoms with E-state index in [1.807, 2.05) is 19.3 Å². The van der Waals surface area contributed by atoms with Crippen molar-refractivity contribution in [3.63, 3.8) is 0 Å². The van der Waals surface area contributed by atoms with E-state index in [0.29, 0.717) is 35.0 Å². The summed E-state index contributed by atoms with van der Waals surface area (Å²) < 4.78 is 17.8. The summed E-state index contributed by atoms with van der Waals surface area (Å²) in [7, 11) is 1.83. The number of aliphatic hydroxyl groups is 1. The number of carbonyl (C=O) groups is 1. The number of hydrogen-bond donors (Lipinski definition) is 3. The van der Waals surface area contributed by atoms with Gasteiger partial charge in [-0.3, -0.25) is 9.48 Å². The number of aromatic nitrogens is 4. The van der Waals surface area contributed by atoms with Gasteiger partial charge in [-0.05, 0) is 38.3 Å². The average molecular weight is 478 g/mol. The van der Waals surface area contributed by atoms with Crippen LogP contribution in [0, 0.1) is 12.7 Å². The molecular formula is C25H28FN7O2. The van der Waals surface area contributed by atoms with E-state index >= 15 is 0 Å². The molecule has 1 aromatic carbocycles. The number of halogens is 1. The molecule has 0 bridgehead atoms. The maximum Gasteiger partial charge on any atom is 0.257 e. The van der Waals surface area contributed by atoms with Gasteiger partial charge in [-0.25, -0.2) is 9.37 Å². The molecule has 1 aliphatic carbocycles. The van der Waals surface area contributed by atoms with Crippen molar-refractivity contribution in [2.24, 2.45) is 7.05 Å². The summed E-state index contributed by atoms with van der Waals surface area (Å²) in [5.74, 6) is -0.852. The molecule has 2 aliphatic rings. The molecule has 2 fully saturated rings. The number of fused-ring (bicyclic) bond motifs is 2. The van der Waals surface area contributed by atoms with Crippen LogP contribution >= 0.6 is 0 Å². The number of imidazole rings is 1. The molecule has 1 saturated heterocycles. The molecule has 0 spiro atoms. The number of rotatable bonds is 6. The summed E-state index contributed by atoms with van der Waals surface area (Å²) in [6, 6.07) is 5.33. The van der Waals surface area contributed by atoms with Crippen LogP contribution in [0.1, 0.15) is 35.3 Å². The first kappa shape index (κ1) is 22.0. The molecule has 4 aromatic rings. The Morgan fingerprint density at radius 2 is 2.11 bits per heavy atom. The van der Waals surface area contributed by atoms with Crippen LogP contribution in [0.4, 0.5) is 15.8 Å². The van der Waals surface area contributed by atoms with Gasteiger partial charge in [0.2, 0.25) is 0 Å². The van der Waals surface area contributed by atoms with Gasteiger partial charge in [0.1, 0.15) is 5.52 Å². The first-order valence-corrected chi connectivity index (χ1v) is 11.9. The molecule has 6 rings (SSSR count). The lowest BCUT2D eigenvalue weighted by molar-refractivity contribution is 0.102. The summed E-state index contributed by atoms with van der Waals surface area (Å²) in [5, 5.41) is 21.9. The second-order valence-electron chi connectivity index (χ2n) is 9.88. The molecular weight excluding hydrogens is 449 g/mol. The van der Waals surface area contributed by atoms with E-state index in [4.69, 9.17) is 0 Å². The van der Waals surface area contributed by atoms with Crippen LogP contribution in [0.15, 0.2) is 36.8 Å². The number of carbonyl (C=O) groups excluding carboxylic acids is 1. The Kier molecular flexibility index (Phi) is 5.05. The fraction of sp³-hybridized carbons (Fsp3) is 0.400. The highest BCUT2D eigenvalue weighted by molar-refractivity contribution is 6.13. The smallest absolute Gasteiger partial charge is 0.257 e. The third-order valence-corrected chi connectivity index (χ3v) is 6.97. The molecule has 10 heteroatoms. The highest BCUT2D eigenvalue weighted by Crippen LogP contribution is 2.35. The lowest BCUT2D eigenvalue weighted by atomic mass is 10.1. The summed E-state index contributed by atoms with van der Waals surface area (Å²) in [4.78, 5) is 19.7. The summed E-state index contributed by atoms with van der Waals surface area (Å²) in [6.07, 6.45) is 8.02. The minimum atomic E-state index is -0.511. The molecule has 4 heterocycles. The third kappa shape index (κ3) is 4.12. The van der Waals surface area contributed by atoms with Crippen LogP contribution in [0.3, 0.4) is 0 Å². The van der Waals surface area contributed by atoms with Crippen LogP contribution in [-0.2, 0) is 7.05 Å². The summed E-state index contributed by atoms with van der Waals surface area (Å²) >= 11 is 0. The minimum absolute atomic E-state index is 0.224. The Balaban J connectivity index is 1.25. The van der Waals surface area contributed by atoms with Crippen molar-refractivity contribution in [1.29, 1.82) is 0 Å². The molecule has 182 valence electrons. The second kappa shape index (κ2) is 8.03. The Labute approximate surface area is 201 Å². The minimum Gasteiger partial charge on any atom is -0.389 e. The lowest BCUT2D eigenvalue weighted by Crippen LogP contribution is -2.38. The molecule has 1 aliphatic heterocycles. The quantitative estimate of drug-likeness (QED) is 0.395. The molecule has 1 saturated carbocycles. The van der Waals surface area contributed by atoms with Crippen LogP contribution in [0.5, 0.6) is 0 Å². The largest absolute Gasteiger partial charge is 0.389 e. The summed E-state index contributed by atoms with van der Waals surface area (Å²) in [6.45, 7) is 4.14. The summed E-state index contributed by atoms with van der Waals surface area (Å²) in [5.41, 5.74) is 2.81. The Morgan fingerprint density at radius 1 is 1.29 bits per heavy atom. The van der Waals surface area contributed by atoms with E-state index < -0.39 is 11.4 Å². The Morgan fingerprint density at radius 3 is 2.91 bits per heavy atom. The van der Waals surface area contributed by atoms with Crippen molar-refractivity contribution in [2.75, 3.05) is 29.9 Å². The fourth-order valence-corrected chi connectivity index (χ4v) is 4.91. The second-order valence-corrected chi connectivity index (χ2v) is 9.88. The maximum atomic E-state index is 14.5. The highest BCUT2D eigenvalue weighted by Gasteiger charge is 2.40. The van der Waals surface area contributed by atoms with E-state index in [1.54, 1.807) is 34.5 Å². The monoisotopic (exact) mass is 477 g/mol. The Bertz CT molecular complexity index is 1460. The van der Waals surface area contributed by atoms with Crippen molar-refractivity contribution < 1.29 is 14.3 Å². The first-order chi connectivity index (χ1) is 16.8. The normalized spacial score (nSPS) is 19.1.